The maximum Gasteiger partial charge on any atom is 0.431 e. The van der Waals surface area contributed by atoms with Crippen LogP contribution >= 0.6 is 0 Å². The molecule has 1 heterocycles. The summed E-state index contributed by atoms with van der Waals surface area (Å²) in [6.07, 6.45) is -1.98. The Hall–Kier alpha value is -2.55. The lowest BCUT2D eigenvalue weighted by molar-refractivity contribution is -0.236. The molecule has 0 spiro atoms. The number of hydrogen-bond acceptors (Lipinski definition) is 5. The first kappa shape index (κ1) is 21.2. The first-order chi connectivity index (χ1) is 13.7. The Bertz CT molecular complexity index is 828. The molecule has 9 heteroatoms. The number of nitrogens with zero attached hydrogens (tertiary/aromatic N) is 1. The molecule has 0 bridgehead atoms. The van der Waals surface area contributed by atoms with Crippen LogP contribution in [0.1, 0.15) is 32.1 Å². The van der Waals surface area contributed by atoms with Gasteiger partial charge < -0.3 is 14.6 Å². The van der Waals surface area contributed by atoms with Crippen molar-refractivity contribution in [1.29, 1.82) is 0 Å². The van der Waals surface area contributed by atoms with Crippen LogP contribution < -0.4 is 9.64 Å². The number of alkyl halides is 3. The first-order valence-electron chi connectivity index (χ1n) is 9.27. The fourth-order valence-corrected chi connectivity index (χ4v) is 4.04. The van der Waals surface area contributed by atoms with Gasteiger partial charge in [-0.25, -0.2) is 4.79 Å². The Morgan fingerprint density at radius 3 is 2.21 bits per heavy atom. The Kier molecular flexibility index (Phi) is 5.62. The molecule has 1 saturated carbocycles. The van der Waals surface area contributed by atoms with Crippen molar-refractivity contribution in [3.05, 3.63) is 35.5 Å². The van der Waals surface area contributed by atoms with E-state index in [0.717, 1.165) is 31.3 Å². The summed E-state index contributed by atoms with van der Waals surface area (Å²) < 4.78 is 51.4. The van der Waals surface area contributed by atoms with Gasteiger partial charge in [-0.1, -0.05) is 19.3 Å². The second-order valence-corrected chi connectivity index (χ2v) is 7.13. The van der Waals surface area contributed by atoms with E-state index < -0.39 is 35.1 Å². The minimum Gasteiger partial charge on any atom is -0.497 e. The summed E-state index contributed by atoms with van der Waals surface area (Å²) in [6, 6.07) is 5.81. The Morgan fingerprint density at radius 1 is 1.14 bits per heavy atom. The monoisotopic (exact) mass is 413 g/mol. The number of aliphatic hydroxyl groups is 1. The predicted octanol–water partition coefficient (Wildman–Crippen LogP) is 3.34. The Morgan fingerprint density at radius 2 is 1.72 bits per heavy atom. The topological polar surface area (TPSA) is 76.1 Å². The largest absolute Gasteiger partial charge is 0.497 e. The van der Waals surface area contributed by atoms with Crippen LogP contribution in [0.15, 0.2) is 35.5 Å². The van der Waals surface area contributed by atoms with Crippen molar-refractivity contribution in [3.63, 3.8) is 0 Å². The molecule has 2 aliphatic rings. The quantitative estimate of drug-likeness (QED) is 0.767. The van der Waals surface area contributed by atoms with Gasteiger partial charge in [-0.3, -0.25) is 9.69 Å². The zero-order chi connectivity index (χ0) is 21.4. The number of rotatable bonds is 4. The number of carbonyl (C=O) groups is 2. The van der Waals surface area contributed by atoms with Crippen molar-refractivity contribution in [1.82, 2.24) is 0 Å². The SMILES string of the molecule is COC(=O)C1=C(C2CCCCC2)N(c2ccc(OC)cc2)C(=O)C1(O)C(F)(F)F. The van der Waals surface area contributed by atoms with Crippen molar-refractivity contribution >= 4 is 17.6 Å². The summed E-state index contributed by atoms with van der Waals surface area (Å²) in [6.45, 7) is 0. The number of methoxy groups -OCH3 is 2. The predicted molar refractivity (Wildman–Crippen MR) is 97.1 cm³/mol. The van der Waals surface area contributed by atoms with E-state index in [4.69, 9.17) is 4.74 Å². The first-order valence-corrected chi connectivity index (χ1v) is 9.27. The molecule has 1 N–H and O–H groups in total. The van der Waals surface area contributed by atoms with Crippen LogP contribution in [0.4, 0.5) is 18.9 Å². The van der Waals surface area contributed by atoms with Crippen LogP contribution in [0.5, 0.6) is 5.75 Å². The van der Waals surface area contributed by atoms with Gasteiger partial charge in [-0.2, -0.15) is 13.2 Å². The average Bonchev–Trinajstić information content (AvgIpc) is 2.96. The molecule has 1 aromatic carbocycles. The highest BCUT2D eigenvalue weighted by Gasteiger charge is 2.70. The molecule has 0 radical (unpaired) electrons. The van der Waals surface area contributed by atoms with E-state index >= 15 is 0 Å². The van der Waals surface area contributed by atoms with Gasteiger partial charge >= 0.3 is 12.1 Å². The number of carbonyl (C=O) groups excluding carboxylic acids is 2. The third-order valence-corrected chi connectivity index (χ3v) is 5.49. The molecular formula is C20H22F3NO5. The number of benzene rings is 1. The smallest absolute Gasteiger partial charge is 0.431 e. The molecule has 1 atom stereocenters. The van der Waals surface area contributed by atoms with Gasteiger partial charge in [-0.05, 0) is 37.1 Å². The van der Waals surface area contributed by atoms with Gasteiger partial charge in [0.05, 0.1) is 14.2 Å². The van der Waals surface area contributed by atoms with Gasteiger partial charge in [0.25, 0.3) is 11.5 Å². The molecule has 0 aromatic heterocycles. The number of esters is 1. The van der Waals surface area contributed by atoms with E-state index in [0.29, 0.717) is 18.6 Å². The maximum absolute atomic E-state index is 13.9. The molecular weight excluding hydrogens is 391 g/mol. The number of hydrogen-bond donors (Lipinski definition) is 1. The van der Waals surface area contributed by atoms with Gasteiger partial charge in [0, 0.05) is 17.3 Å². The van der Waals surface area contributed by atoms with E-state index in [-0.39, 0.29) is 11.4 Å². The van der Waals surface area contributed by atoms with Crippen LogP contribution in [0.3, 0.4) is 0 Å². The summed E-state index contributed by atoms with van der Waals surface area (Å²) in [5.74, 6) is -3.03. The molecule has 1 aromatic rings. The summed E-state index contributed by atoms with van der Waals surface area (Å²) in [7, 11) is 2.35. The molecule has 29 heavy (non-hydrogen) atoms. The van der Waals surface area contributed by atoms with Crippen molar-refractivity contribution in [2.24, 2.45) is 5.92 Å². The van der Waals surface area contributed by atoms with Crippen LogP contribution in [0.25, 0.3) is 0 Å². The summed E-state index contributed by atoms with van der Waals surface area (Å²) in [4.78, 5) is 26.2. The number of amides is 1. The second kappa shape index (κ2) is 7.70. The zero-order valence-corrected chi connectivity index (χ0v) is 16.1. The van der Waals surface area contributed by atoms with E-state index in [1.54, 1.807) is 0 Å². The molecule has 1 fully saturated rings. The van der Waals surface area contributed by atoms with Gasteiger partial charge in [0.1, 0.15) is 11.3 Å². The molecule has 6 nitrogen and oxygen atoms in total. The van der Waals surface area contributed by atoms with Crippen molar-refractivity contribution in [2.75, 3.05) is 19.1 Å². The highest BCUT2D eigenvalue weighted by Crippen LogP contribution is 2.50. The number of ether oxygens (including phenoxy) is 2. The fourth-order valence-electron chi connectivity index (χ4n) is 4.04. The fraction of sp³-hybridized carbons (Fsp3) is 0.500. The van der Waals surface area contributed by atoms with Crippen molar-refractivity contribution in [2.45, 2.75) is 43.9 Å². The minimum atomic E-state index is -5.39. The van der Waals surface area contributed by atoms with Gasteiger partial charge in [0.2, 0.25) is 0 Å². The van der Waals surface area contributed by atoms with E-state index in [2.05, 4.69) is 4.74 Å². The highest BCUT2D eigenvalue weighted by molar-refractivity contribution is 6.16. The lowest BCUT2D eigenvalue weighted by atomic mass is 9.83. The Labute approximate surface area is 165 Å². The standard InChI is InChI=1S/C20H22F3NO5/c1-28-14-10-8-13(9-11-14)24-16(12-6-4-3-5-7-12)15(17(25)29-2)19(27,18(24)26)20(21,22)23/h8-12,27H,3-7H2,1-2H3. The number of anilines is 1. The highest BCUT2D eigenvalue weighted by atomic mass is 19.4. The van der Waals surface area contributed by atoms with Gasteiger partial charge in [0.15, 0.2) is 0 Å². The molecule has 1 aliphatic carbocycles. The number of halogens is 3. The van der Waals surface area contributed by atoms with Crippen LogP contribution in [0.2, 0.25) is 0 Å². The molecule has 1 unspecified atom stereocenters. The molecule has 158 valence electrons. The van der Waals surface area contributed by atoms with Crippen LogP contribution in [-0.2, 0) is 14.3 Å². The van der Waals surface area contributed by atoms with E-state index in [1.807, 2.05) is 0 Å². The van der Waals surface area contributed by atoms with Crippen molar-refractivity contribution in [3.8, 4) is 5.75 Å². The van der Waals surface area contributed by atoms with Crippen LogP contribution in [0, 0.1) is 5.92 Å². The zero-order valence-electron chi connectivity index (χ0n) is 16.1. The third kappa shape index (κ3) is 3.37. The normalized spacial score (nSPS) is 23.5. The molecule has 0 saturated heterocycles. The second-order valence-electron chi connectivity index (χ2n) is 7.13. The minimum absolute atomic E-state index is 0.109. The third-order valence-electron chi connectivity index (χ3n) is 5.49. The summed E-state index contributed by atoms with van der Waals surface area (Å²) >= 11 is 0. The van der Waals surface area contributed by atoms with E-state index in [9.17, 15) is 27.9 Å². The molecule has 1 aliphatic heterocycles. The lowest BCUT2D eigenvalue weighted by Gasteiger charge is -2.30. The molecule has 3 rings (SSSR count). The summed E-state index contributed by atoms with van der Waals surface area (Å²) in [5, 5.41) is 10.6. The number of allylic oxidation sites excluding steroid dienone is 1. The maximum atomic E-state index is 13.9. The molecule has 1 amide bonds. The van der Waals surface area contributed by atoms with Crippen molar-refractivity contribution < 1.29 is 37.3 Å². The van der Waals surface area contributed by atoms with E-state index in [1.165, 1.54) is 31.4 Å². The summed E-state index contributed by atoms with van der Waals surface area (Å²) in [5.41, 5.74) is -5.03. The lowest BCUT2D eigenvalue weighted by Crippen LogP contribution is -2.55. The Balaban J connectivity index is 2.25. The van der Waals surface area contributed by atoms with Gasteiger partial charge in [-0.15, -0.1) is 0 Å². The van der Waals surface area contributed by atoms with Crippen LogP contribution in [-0.4, -0.2) is 43.0 Å². The average molecular weight is 413 g/mol.